The molecule has 1 amide bonds. The zero-order valence-electron chi connectivity index (χ0n) is 15.1. The number of hydrogen-bond acceptors (Lipinski definition) is 5. The minimum Gasteiger partial charge on any atom is -0.358 e. The Morgan fingerprint density at radius 3 is 2.76 bits per heavy atom. The van der Waals surface area contributed by atoms with Crippen LogP contribution >= 0.6 is 0 Å². The van der Waals surface area contributed by atoms with E-state index >= 15 is 0 Å². The van der Waals surface area contributed by atoms with Crippen LogP contribution in [0.5, 0.6) is 0 Å². The van der Waals surface area contributed by atoms with E-state index in [1.54, 1.807) is 7.05 Å². The molecule has 3 fully saturated rings. The summed E-state index contributed by atoms with van der Waals surface area (Å²) in [5, 5.41) is 6.33. The molecular weight excluding hydrogens is 314 g/mol. The van der Waals surface area contributed by atoms with Gasteiger partial charge in [-0.1, -0.05) is 12.8 Å². The van der Waals surface area contributed by atoms with Crippen LogP contribution in [-0.4, -0.2) is 53.5 Å². The summed E-state index contributed by atoms with van der Waals surface area (Å²) >= 11 is 0. The number of rotatable bonds is 6. The second-order valence-corrected chi connectivity index (χ2v) is 7.91. The summed E-state index contributed by atoms with van der Waals surface area (Å²) in [6, 6.07) is 2.42. The number of nitrogens with one attached hydrogen (secondary N) is 2. The average molecular weight is 343 g/mol. The van der Waals surface area contributed by atoms with Crippen LogP contribution in [0, 0.1) is 11.8 Å². The summed E-state index contributed by atoms with van der Waals surface area (Å²) in [6.45, 7) is 2.38. The molecule has 0 spiro atoms. The monoisotopic (exact) mass is 343 g/mol. The predicted octanol–water partition coefficient (Wildman–Crippen LogP) is 2.00. The second-order valence-electron chi connectivity index (χ2n) is 7.91. The van der Waals surface area contributed by atoms with Crippen molar-refractivity contribution in [2.24, 2.45) is 11.8 Å². The Bertz CT molecular complexity index is 612. The maximum absolute atomic E-state index is 11.7. The van der Waals surface area contributed by atoms with Crippen molar-refractivity contribution in [1.82, 2.24) is 20.2 Å². The van der Waals surface area contributed by atoms with E-state index in [0.717, 1.165) is 25.0 Å². The van der Waals surface area contributed by atoms with E-state index in [9.17, 15) is 4.79 Å². The van der Waals surface area contributed by atoms with Gasteiger partial charge < -0.3 is 10.6 Å². The van der Waals surface area contributed by atoms with E-state index in [-0.39, 0.29) is 5.91 Å². The lowest BCUT2D eigenvalue weighted by Crippen LogP contribution is -2.35. The van der Waals surface area contributed by atoms with Gasteiger partial charge in [0.25, 0.3) is 0 Å². The van der Waals surface area contributed by atoms with Gasteiger partial charge in [0, 0.05) is 44.0 Å². The number of aromatic nitrogens is 2. The fraction of sp³-hybridized carbons (Fsp3) is 0.737. The van der Waals surface area contributed by atoms with Gasteiger partial charge in [-0.3, -0.25) is 9.69 Å². The summed E-state index contributed by atoms with van der Waals surface area (Å²) in [7, 11) is 1.70. The molecular formula is C19H29N5O. The Hall–Kier alpha value is -1.69. The third-order valence-electron chi connectivity index (χ3n) is 6.08. The van der Waals surface area contributed by atoms with Crippen molar-refractivity contribution in [3.63, 3.8) is 0 Å². The molecule has 2 saturated carbocycles. The van der Waals surface area contributed by atoms with Crippen molar-refractivity contribution < 1.29 is 4.79 Å². The summed E-state index contributed by atoms with van der Waals surface area (Å²) in [6.07, 6.45) is 9.68. The summed E-state index contributed by atoms with van der Waals surface area (Å²) in [5.41, 5.74) is 1.19. The van der Waals surface area contributed by atoms with Crippen LogP contribution in [0.1, 0.15) is 50.1 Å². The van der Waals surface area contributed by atoms with Crippen molar-refractivity contribution in [3.05, 3.63) is 18.0 Å². The Morgan fingerprint density at radius 2 is 2.04 bits per heavy atom. The molecule has 0 bridgehead atoms. The normalized spacial score (nSPS) is 27.6. The molecule has 2 heterocycles. The standard InChI is InChI=1S/C19H29N5O/c1-20-18(25)12-24-10-15(13-6-7-13)17(11-24)23-19-21-9-8-16(22-19)14-4-2-3-5-14/h8-9,13-15,17H,2-7,10-12H2,1H3,(H,20,25)(H,21,22,23)/t15-,17+/m0/s1. The van der Waals surface area contributed by atoms with Crippen molar-refractivity contribution >= 4 is 11.9 Å². The molecule has 1 aromatic rings. The quantitative estimate of drug-likeness (QED) is 0.827. The van der Waals surface area contributed by atoms with E-state index in [4.69, 9.17) is 4.98 Å². The van der Waals surface area contributed by atoms with Crippen LogP contribution in [-0.2, 0) is 4.79 Å². The summed E-state index contributed by atoms with van der Waals surface area (Å²) in [4.78, 5) is 23.3. The van der Waals surface area contributed by atoms with Gasteiger partial charge in [-0.25, -0.2) is 9.97 Å². The number of nitrogens with zero attached hydrogens (tertiary/aromatic N) is 3. The van der Waals surface area contributed by atoms with Gasteiger partial charge >= 0.3 is 0 Å². The van der Waals surface area contributed by atoms with Gasteiger partial charge in [0.1, 0.15) is 0 Å². The highest BCUT2D eigenvalue weighted by atomic mass is 16.1. The van der Waals surface area contributed by atoms with E-state index in [0.29, 0.717) is 24.4 Å². The molecule has 25 heavy (non-hydrogen) atoms. The topological polar surface area (TPSA) is 70.2 Å². The molecule has 136 valence electrons. The van der Waals surface area contributed by atoms with Crippen LogP contribution in [0.2, 0.25) is 0 Å². The van der Waals surface area contributed by atoms with Crippen LogP contribution in [0.25, 0.3) is 0 Å². The first-order valence-electron chi connectivity index (χ1n) is 9.75. The average Bonchev–Trinajstić information content (AvgIpc) is 3.16. The smallest absolute Gasteiger partial charge is 0.233 e. The first kappa shape index (κ1) is 16.8. The lowest BCUT2D eigenvalue weighted by molar-refractivity contribution is -0.121. The lowest BCUT2D eigenvalue weighted by atomic mass is 9.98. The van der Waals surface area contributed by atoms with Gasteiger partial charge in [0.05, 0.1) is 6.54 Å². The maximum atomic E-state index is 11.7. The highest BCUT2D eigenvalue weighted by Crippen LogP contribution is 2.42. The molecule has 4 rings (SSSR count). The first-order chi connectivity index (χ1) is 12.2. The highest BCUT2D eigenvalue weighted by molar-refractivity contribution is 5.77. The van der Waals surface area contributed by atoms with E-state index in [1.165, 1.54) is 44.2 Å². The SMILES string of the molecule is CNC(=O)CN1C[C@@H](Nc2nccc(C3CCCC3)n2)[C@H](C2CC2)C1. The minimum atomic E-state index is 0.0923. The van der Waals surface area contributed by atoms with Gasteiger partial charge in [-0.2, -0.15) is 0 Å². The van der Waals surface area contributed by atoms with Gasteiger partial charge in [0.2, 0.25) is 11.9 Å². The van der Waals surface area contributed by atoms with E-state index < -0.39 is 0 Å². The molecule has 1 aromatic heterocycles. The number of carbonyl (C=O) groups is 1. The summed E-state index contributed by atoms with van der Waals surface area (Å²) in [5.74, 6) is 2.86. The number of hydrogen-bond donors (Lipinski definition) is 2. The zero-order valence-corrected chi connectivity index (χ0v) is 15.1. The fourth-order valence-electron chi connectivity index (χ4n) is 4.54. The number of likely N-dealkylation sites (N-methyl/N-ethyl adjacent to an activating group) is 1. The van der Waals surface area contributed by atoms with Crippen LogP contribution in [0.4, 0.5) is 5.95 Å². The third kappa shape index (κ3) is 3.94. The molecule has 2 aliphatic carbocycles. The summed E-state index contributed by atoms with van der Waals surface area (Å²) < 4.78 is 0. The van der Waals surface area contributed by atoms with Gasteiger partial charge in [0.15, 0.2) is 0 Å². The molecule has 0 radical (unpaired) electrons. The largest absolute Gasteiger partial charge is 0.358 e. The molecule has 6 heteroatoms. The van der Waals surface area contributed by atoms with E-state index in [1.807, 2.05) is 6.20 Å². The zero-order chi connectivity index (χ0) is 17.2. The van der Waals surface area contributed by atoms with E-state index in [2.05, 4.69) is 26.6 Å². The lowest BCUT2D eigenvalue weighted by Gasteiger charge is -2.20. The molecule has 0 unspecified atom stereocenters. The number of likely N-dealkylation sites (tertiary alicyclic amines) is 1. The van der Waals surface area contributed by atoms with Gasteiger partial charge in [-0.05, 0) is 43.6 Å². The number of carbonyl (C=O) groups excluding carboxylic acids is 1. The Labute approximate surface area is 149 Å². The fourth-order valence-corrected chi connectivity index (χ4v) is 4.54. The Kier molecular flexibility index (Phi) is 4.88. The van der Waals surface area contributed by atoms with Crippen molar-refractivity contribution in [3.8, 4) is 0 Å². The number of anilines is 1. The van der Waals surface area contributed by atoms with Gasteiger partial charge in [-0.15, -0.1) is 0 Å². The highest BCUT2D eigenvalue weighted by Gasteiger charge is 2.43. The molecule has 2 N–H and O–H groups in total. The molecule has 3 aliphatic rings. The van der Waals surface area contributed by atoms with Crippen molar-refractivity contribution in [1.29, 1.82) is 0 Å². The Balaban J connectivity index is 1.43. The molecule has 1 aliphatic heterocycles. The van der Waals surface area contributed by atoms with Crippen molar-refractivity contribution in [2.75, 3.05) is 32.0 Å². The van der Waals surface area contributed by atoms with Crippen LogP contribution in [0.15, 0.2) is 12.3 Å². The molecule has 1 saturated heterocycles. The van der Waals surface area contributed by atoms with Crippen LogP contribution < -0.4 is 10.6 Å². The third-order valence-corrected chi connectivity index (χ3v) is 6.08. The molecule has 0 aromatic carbocycles. The maximum Gasteiger partial charge on any atom is 0.233 e. The molecule has 6 nitrogen and oxygen atoms in total. The van der Waals surface area contributed by atoms with Crippen molar-refractivity contribution in [2.45, 2.75) is 50.5 Å². The Morgan fingerprint density at radius 1 is 1.24 bits per heavy atom. The van der Waals surface area contributed by atoms with Crippen LogP contribution in [0.3, 0.4) is 0 Å². The second kappa shape index (κ2) is 7.28. The predicted molar refractivity (Wildman–Crippen MR) is 97.4 cm³/mol. The minimum absolute atomic E-state index is 0.0923. The first-order valence-corrected chi connectivity index (χ1v) is 9.75. The number of amides is 1. The molecule has 2 atom stereocenters.